The van der Waals surface area contributed by atoms with Crippen LogP contribution in [0.4, 0.5) is 26.3 Å². The zero-order valence-electron chi connectivity index (χ0n) is 12.9. The largest absolute Gasteiger partial charge is 0.498 e. The smallest absolute Gasteiger partial charge is 0.497 e. The Morgan fingerprint density at radius 2 is 1.50 bits per heavy atom. The Hall–Kier alpha value is -1.76. The van der Waals surface area contributed by atoms with Crippen molar-refractivity contribution in [2.75, 3.05) is 7.11 Å². The van der Waals surface area contributed by atoms with Crippen LogP contribution >= 0.6 is 0 Å². The van der Waals surface area contributed by atoms with Crippen molar-refractivity contribution in [2.45, 2.75) is 22.0 Å². The number of sulfone groups is 2. The quantitative estimate of drug-likeness (QED) is 0.654. The minimum absolute atomic E-state index is 0.0795. The maximum atomic E-state index is 12.7. The second-order valence-electron chi connectivity index (χ2n) is 4.88. The zero-order chi connectivity index (χ0) is 20.6. The first-order chi connectivity index (χ1) is 11.6. The molecule has 0 aromatic heterocycles. The Kier molecular flexibility index (Phi) is 6.08. The van der Waals surface area contributed by atoms with Crippen LogP contribution in [0.15, 0.2) is 24.8 Å². The number of ether oxygens (including phenoxy) is 1. The van der Waals surface area contributed by atoms with Crippen molar-refractivity contribution in [1.29, 1.82) is 0 Å². The van der Waals surface area contributed by atoms with E-state index in [0.29, 0.717) is 0 Å². The van der Waals surface area contributed by atoms with Gasteiger partial charge in [0, 0.05) is 6.42 Å². The molecule has 0 aliphatic rings. The fourth-order valence-corrected chi connectivity index (χ4v) is 5.32. The molecule has 148 valence electrons. The summed E-state index contributed by atoms with van der Waals surface area (Å²) >= 11 is 0. The third-order valence-electron chi connectivity index (χ3n) is 3.30. The molecule has 0 aliphatic heterocycles. The highest BCUT2D eigenvalue weighted by Gasteiger charge is 2.62. The first kappa shape index (κ1) is 22.3. The summed E-state index contributed by atoms with van der Waals surface area (Å²) in [6.07, 6.45) is -0.565. The van der Waals surface area contributed by atoms with Crippen LogP contribution in [-0.2, 0) is 26.1 Å². The van der Waals surface area contributed by atoms with Crippen LogP contribution in [0.25, 0.3) is 6.08 Å². The van der Waals surface area contributed by atoms with Crippen molar-refractivity contribution in [3.05, 3.63) is 35.9 Å². The van der Waals surface area contributed by atoms with E-state index < -0.39 is 47.3 Å². The molecule has 1 aromatic carbocycles. The van der Waals surface area contributed by atoms with Crippen LogP contribution in [-0.4, -0.2) is 39.5 Å². The highest BCUT2D eigenvalue weighted by atomic mass is 32.3. The predicted octanol–water partition coefficient (Wildman–Crippen LogP) is 3.08. The van der Waals surface area contributed by atoms with Gasteiger partial charge in [0.25, 0.3) is 19.7 Å². The zero-order valence-corrected chi connectivity index (χ0v) is 14.6. The summed E-state index contributed by atoms with van der Waals surface area (Å²) in [4.78, 5) is 0. The van der Waals surface area contributed by atoms with Crippen LogP contribution < -0.4 is 4.74 Å². The van der Waals surface area contributed by atoms with E-state index in [1.807, 2.05) is 0 Å². The van der Waals surface area contributed by atoms with Gasteiger partial charge in [-0.15, -0.1) is 0 Å². The van der Waals surface area contributed by atoms with E-state index in [0.717, 1.165) is 24.3 Å². The molecular weight excluding hydrogens is 414 g/mol. The number of hydrogen-bond acceptors (Lipinski definition) is 5. The first-order valence-electron chi connectivity index (χ1n) is 6.49. The van der Waals surface area contributed by atoms with E-state index in [-0.39, 0.29) is 11.3 Å². The van der Waals surface area contributed by atoms with Gasteiger partial charge in [0.1, 0.15) is 5.75 Å². The van der Waals surface area contributed by atoms with Crippen LogP contribution in [0, 0.1) is 0 Å². The summed E-state index contributed by atoms with van der Waals surface area (Å²) in [5.41, 5.74) is -12.9. The molecule has 0 amide bonds. The van der Waals surface area contributed by atoms with Crippen LogP contribution in [0.5, 0.6) is 5.75 Å². The molecule has 13 heteroatoms. The summed E-state index contributed by atoms with van der Waals surface area (Å²) in [7, 11) is -12.2. The number of hydrogen-bond donors (Lipinski definition) is 0. The van der Waals surface area contributed by atoms with Gasteiger partial charge in [-0.2, -0.15) is 26.3 Å². The standard InChI is InChI=1S/C13H12F6O5S2/c1-3-8-6-10(24-2)5-4-9(8)7-11(25(20,21)12(14,15)16)26(22,23)13(17,18)19/h3-6,11H,1,7H2,2H3. The van der Waals surface area contributed by atoms with E-state index in [1.165, 1.54) is 7.11 Å². The van der Waals surface area contributed by atoms with E-state index in [1.54, 1.807) is 0 Å². The van der Waals surface area contributed by atoms with Crippen molar-refractivity contribution in [1.82, 2.24) is 0 Å². The van der Waals surface area contributed by atoms with E-state index in [2.05, 4.69) is 6.58 Å². The van der Waals surface area contributed by atoms with Crippen LogP contribution in [0.2, 0.25) is 0 Å². The molecular formula is C13H12F6O5S2. The van der Waals surface area contributed by atoms with Gasteiger partial charge in [0.15, 0.2) is 4.58 Å². The van der Waals surface area contributed by atoms with Gasteiger partial charge in [0.2, 0.25) is 0 Å². The fourth-order valence-electron chi connectivity index (χ4n) is 1.94. The Balaban J connectivity index is 3.63. The topological polar surface area (TPSA) is 77.5 Å². The molecule has 0 spiro atoms. The Labute approximate surface area is 145 Å². The Bertz CT molecular complexity index is 841. The van der Waals surface area contributed by atoms with Gasteiger partial charge in [-0.05, 0) is 23.3 Å². The van der Waals surface area contributed by atoms with Gasteiger partial charge in [-0.25, -0.2) is 16.8 Å². The van der Waals surface area contributed by atoms with E-state index in [4.69, 9.17) is 4.74 Å². The lowest BCUT2D eigenvalue weighted by Gasteiger charge is -2.21. The van der Waals surface area contributed by atoms with Crippen molar-refractivity contribution in [2.24, 2.45) is 0 Å². The molecule has 26 heavy (non-hydrogen) atoms. The lowest BCUT2D eigenvalue weighted by molar-refractivity contribution is -0.0471. The number of halogens is 6. The second-order valence-corrected chi connectivity index (χ2v) is 9.43. The minimum atomic E-state index is -6.69. The molecule has 0 radical (unpaired) electrons. The van der Waals surface area contributed by atoms with Crippen LogP contribution in [0.1, 0.15) is 11.1 Å². The normalized spacial score (nSPS) is 13.7. The van der Waals surface area contributed by atoms with Gasteiger partial charge >= 0.3 is 11.0 Å². The van der Waals surface area contributed by atoms with Gasteiger partial charge < -0.3 is 4.74 Å². The summed E-state index contributed by atoms with van der Waals surface area (Å²) in [6.45, 7) is 3.30. The minimum Gasteiger partial charge on any atom is -0.497 e. The number of benzene rings is 1. The van der Waals surface area contributed by atoms with Crippen molar-refractivity contribution in [3.63, 3.8) is 0 Å². The number of rotatable bonds is 6. The van der Waals surface area contributed by atoms with Gasteiger partial charge in [0.05, 0.1) is 7.11 Å². The molecule has 0 N–H and O–H groups in total. The van der Waals surface area contributed by atoms with Gasteiger partial charge in [-0.3, -0.25) is 0 Å². The van der Waals surface area contributed by atoms with E-state index >= 15 is 0 Å². The molecule has 0 saturated carbocycles. The second kappa shape index (κ2) is 7.10. The molecule has 1 aromatic rings. The molecule has 0 atom stereocenters. The predicted molar refractivity (Wildman–Crippen MR) is 80.5 cm³/mol. The molecule has 0 saturated heterocycles. The maximum Gasteiger partial charge on any atom is 0.498 e. The van der Waals surface area contributed by atoms with E-state index in [9.17, 15) is 43.2 Å². The SMILES string of the molecule is C=Cc1cc(OC)ccc1CC(S(=O)(=O)C(F)(F)F)S(=O)(=O)C(F)(F)F. The molecule has 1 rings (SSSR count). The molecule has 0 aliphatic carbocycles. The maximum absolute atomic E-state index is 12.7. The van der Waals surface area contributed by atoms with Crippen molar-refractivity contribution in [3.8, 4) is 5.75 Å². The van der Waals surface area contributed by atoms with Crippen molar-refractivity contribution >= 4 is 25.8 Å². The molecule has 0 bridgehead atoms. The van der Waals surface area contributed by atoms with Gasteiger partial charge in [-0.1, -0.05) is 18.7 Å². The summed E-state index contributed by atoms with van der Waals surface area (Å²) < 4.78 is 124. The highest BCUT2D eigenvalue weighted by molar-refractivity contribution is 8.09. The molecule has 0 unspecified atom stereocenters. The third-order valence-corrected chi connectivity index (χ3v) is 7.83. The average molecular weight is 426 g/mol. The Morgan fingerprint density at radius 1 is 1.04 bits per heavy atom. The lowest BCUT2D eigenvalue weighted by Crippen LogP contribution is -2.46. The molecule has 0 heterocycles. The van der Waals surface area contributed by atoms with Crippen molar-refractivity contribution < 1.29 is 47.9 Å². The lowest BCUT2D eigenvalue weighted by atomic mass is 10.0. The fraction of sp³-hybridized carbons (Fsp3) is 0.385. The summed E-state index contributed by atoms with van der Waals surface area (Å²) in [5.74, 6) is 0.151. The third kappa shape index (κ3) is 4.14. The molecule has 5 nitrogen and oxygen atoms in total. The molecule has 0 fully saturated rings. The Morgan fingerprint density at radius 3 is 1.85 bits per heavy atom. The average Bonchev–Trinajstić information content (AvgIpc) is 2.49. The highest BCUT2D eigenvalue weighted by Crippen LogP contribution is 2.38. The number of methoxy groups -OCH3 is 1. The summed E-state index contributed by atoms with van der Waals surface area (Å²) in [5, 5.41) is 0. The summed E-state index contributed by atoms with van der Waals surface area (Å²) in [6, 6.07) is 3.24. The first-order valence-corrected chi connectivity index (χ1v) is 9.58. The van der Waals surface area contributed by atoms with Crippen LogP contribution in [0.3, 0.4) is 0 Å². The monoisotopic (exact) mass is 426 g/mol. The number of alkyl halides is 6.